The van der Waals surface area contributed by atoms with Gasteiger partial charge in [0.1, 0.15) is 0 Å². The van der Waals surface area contributed by atoms with Gasteiger partial charge in [-0.15, -0.1) is 11.3 Å². The largest absolute Gasteiger partial charge is 0.258 e. The van der Waals surface area contributed by atoms with E-state index in [1.807, 2.05) is 0 Å². The summed E-state index contributed by atoms with van der Waals surface area (Å²) in [5, 5.41) is 9.68. The van der Waals surface area contributed by atoms with Crippen molar-refractivity contribution in [3.8, 4) is 6.07 Å². The van der Waals surface area contributed by atoms with Crippen LogP contribution in [0.5, 0.6) is 0 Å². The van der Waals surface area contributed by atoms with E-state index in [1.54, 1.807) is 25.3 Å². The van der Waals surface area contributed by atoms with Gasteiger partial charge in [-0.1, -0.05) is 6.92 Å². The lowest BCUT2D eigenvalue weighted by molar-refractivity contribution is 0.593. The van der Waals surface area contributed by atoms with Gasteiger partial charge in [-0.3, -0.25) is 4.72 Å². The van der Waals surface area contributed by atoms with Gasteiger partial charge in [0.25, 0.3) is 10.0 Å². The van der Waals surface area contributed by atoms with Crippen LogP contribution in [0.2, 0.25) is 0 Å². The molecule has 1 unspecified atom stereocenters. The van der Waals surface area contributed by atoms with E-state index < -0.39 is 15.3 Å². The van der Waals surface area contributed by atoms with Crippen LogP contribution >= 0.6 is 11.3 Å². The molecule has 0 amide bonds. The summed E-state index contributed by atoms with van der Waals surface area (Å²) in [4.78, 5) is 3.97. The van der Waals surface area contributed by atoms with Crippen molar-refractivity contribution in [3.63, 3.8) is 0 Å². The van der Waals surface area contributed by atoms with Gasteiger partial charge in [-0.2, -0.15) is 5.26 Å². The zero-order chi connectivity index (χ0) is 11.5. The summed E-state index contributed by atoms with van der Waals surface area (Å²) >= 11 is 1.20. The molecular weight excluding hydrogens is 234 g/mol. The van der Waals surface area contributed by atoms with Crippen LogP contribution in [-0.2, 0) is 10.0 Å². The highest BCUT2D eigenvalue weighted by Gasteiger charge is 2.24. The lowest BCUT2D eigenvalue weighted by Crippen LogP contribution is -2.25. The molecule has 5 nitrogen and oxygen atoms in total. The van der Waals surface area contributed by atoms with Crippen LogP contribution in [-0.4, -0.2) is 18.7 Å². The molecule has 0 fully saturated rings. The highest BCUT2D eigenvalue weighted by molar-refractivity contribution is 7.93. The van der Waals surface area contributed by atoms with Gasteiger partial charge in [0, 0.05) is 5.38 Å². The molecule has 1 atom stereocenters. The van der Waals surface area contributed by atoms with Crippen molar-refractivity contribution in [2.45, 2.75) is 25.5 Å². The number of sulfonamides is 1. The predicted molar refractivity (Wildman–Crippen MR) is 59.1 cm³/mol. The standard InChI is InChI=1S/C8H11N3O2S2/c1-3-7(4-9)15(12,13)11-8-10-6(2)5-14-8/h5,7H,3H2,1-2H3,(H,10,11). The topological polar surface area (TPSA) is 82.8 Å². The summed E-state index contributed by atoms with van der Waals surface area (Å²) in [7, 11) is -3.63. The Morgan fingerprint density at radius 2 is 2.40 bits per heavy atom. The van der Waals surface area contributed by atoms with E-state index in [0.717, 1.165) is 5.69 Å². The zero-order valence-electron chi connectivity index (χ0n) is 8.39. The summed E-state index contributed by atoms with van der Waals surface area (Å²) in [6.07, 6.45) is 0.260. The molecule has 0 saturated carbocycles. The minimum Gasteiger partial charge on any atom is -0.258 e. The molecule has 1 aromatic heterocycles. The maximum absolute atomic E-state index is 11.6. The fourth-order valence-electron chi connectivity index (χ4n) is 0.974. The molecule has 0 aromatic carbocycles. The van der Waals surface area contributed by atoms with Gasteiger partial charge in [-0.05, 0) is 13.3 Å². The zero-order valence-corrected chi connectivity index (χ0v) is 10.0. The van der Waals surface area contributed by atoms with Crippen LogP contribution < -0.4 is 4.72 Å². The van der Waals surface area contributed by atoms with Crippen LogP contribution in [0.1, 0.15) is 19.0 Å². The van der Waals surface area contributed by atoms with Crippen LogP contribution in [0, 0.1) is 18.3 Å². The van der Waals surface area contributed by atoms with Crippen molar-refractivity contribution in [1.82, 2.24) is 4.98 Å². The molecule has 0 radical (unpaired) electrons. The van der Waals surface area contributed by atoms with Gasteiger partial charge in [0.05, 0.1) is 11.8 Å². The Hall–Kier alpha value is -1.13. The number of hydrogen-bond acceptors (Lipinski definition) is 5. The Balaban J connectivity index is 2.86. The molecule has 1 heterocycles. The van der Waals surface area contributed by atoms with Crippen molar-refractivity contribution in [2.75, 3.05) is 4.72 Å². The Bertz CT molecular complexity index is 472. The quantitative estimate of drug-likeness (QED) is 0.871. The first-order valence-corrected chi connectivity index (χ1v) is 6.75. The number of hydrogen-bond donors (Lipinski definition) is 1. The van der Waals surface area contributed by atoms with Crippen molar-refractivity contribution in [2.24, 2.45) is 0 Å². The van der Waals surface area contributed by atoms with Gasteiger partial charge >= 0.3 is 0 Å². The van der Waals surface area contributed by atoms with Gasteiger partial charge in [0.2, 0.25) is 0 Å². The third kappa shape index (κ3) is 2.91. The molecule has 0 saturated heterocycles. The molecule has 0 aliphatic carbocycles. The normalized spacial score (nSPS) is 13.1. The average molecular weight is 245 g/mol. The lowest BCUT2D eigenvalue weighted by atomic mass is 10.4. The van der Waals surface area contributed by atoms with E-state index in [0.29, 0.717) is 5.13 Å². The number of rotatable bonds is 4. The summed E-state index contributed by atoms with van der Waals surface area (Å²) in [5.41, 5.74) is 0.753. The molecular formula is C8H11N3O2S2. The number of anilines is 1. The maximum Gasteiger partial charge on any atom is 0.250 e. The number of nitrogens with zero attached hydrogens (tertiary/aromatic N) is 2. The SMILES string of the molecule is CCC(C#N)S(=O)(=O)Nc1nc(C)cs1. The maximum atomic E-state index is 11.6. The number of thiazole rings is 1. The van der Waals surface area contributed by atoms with Crippen molar-refractivity contribution < 1.29 is 8.42 Å². The third-order valence-electron chi connectivity index (χ3n) is 1.74. The first kappa shape index (κ1) is 11.9. The Labute approximate surface area is 92.8 Å². The summed E-state index contributed by atoms with van der Waals surface area (Å²) in [6.45, 7) is 3.43. The first-order chi connectivity index (χ1) is 6.99. The van der Waals surface area contributed by atoms with Crippen molar-refractivity contribution in [3.05, 3.63) is 11.1 Å². The number of nitrogens with one attached hydrogen (secondary N) is 1. The highest BCUT2D eigenvalue weighted by atomic mass is 32.2. The second-order valence-corrected chi connectivity index (χ2v) is 5.69. The average Bonchev–Trinajstić information content (AvgIpc) is 2.51. The molecule has 0 aliphatic rings. The third-order valence-corrected chi connectivity index (χ3v) is 4.41. The number of aromatic nitrogens is 1. The summed E-state index contributed by atoms with van der Waals surface area (Å²) in [6, 6.07) is 1.75. The molecule has 0 bridgehead atoms. The van der Waals surface area contributed by atoms with Crippen LogP contribution in [0.15, 0.2) is 5.38 Å². The second-order valence-electron chi connectivity index (χ2n) is 2.97. The smallest absolute Gasteiger partial charge is 0.250 e. The van der Waals surface area contributed by atoms with E-state index in [9.17, 15) is 8.42 Å². The van der Waals surface area contributed by atoms with E-state index in [2.05, 4.69) is 9.71 Å². The molecule has 1 N–H and O–H groups in total. The fraction of sp³-hybridized carbons (Fsp3) is 0.500. The van der Waals surface area contributed by atoms with E-state index in [1.165, 1.54) is 11.3 Å². The fourth-order valence-corrected chi connectivity index (χ4v) is 3.06. The minimum absolute atomic E-state index is 0.260. The minimum atomic E-state index is -3.63. The molecule has 7 heteroatoms. The molecule has 82 valence electrons. The van der Waals surface area contributed by atoms with Crippen molar-refractivity contribution >= 4 is 26.5 Å². The first-order valence-electron chi connectivity index (χ1n) is 4.33. The Morgan fingerprint density at radius 3 is 2.80 bits per heavy atom. The Kier molecular flexibility index (Phi) is 3.66. The van der Waals surface area contributed by atoms with Gasteiger partial charge in [-0.25, -0.2) is 13.4 Å². The number of aryl methyl sites for hydroxylation is 1. The van der Waals surface area contributed by atoms with Crippen LogP contribution in [0.25, 0.3) is 0 Å². The summed E-state index contributed by atoms with van der Waals surface area (Å²) in [5.74, 6) is 0. The molecule has 15 heavy (non-hydrogen) atoms. The monoisotopic (exact) mass is 245 g/mol. The number of nitriles is 1. The Morgan fingerprint density at radius 1 is 1.73 bits per heavy atom. The molecule has 1 rings (SSSR count). The van der Waals surface area contributed by atoms with Crippen LogP contribution in [0.3, 0.4) is 0 Å². The molecule has 0 aliphatic heterocycles. The van der Waals surface area contributed by atoms with E-state index >= 15 is 0 Å². The second kappa shape index (κ2) is 4.59. The van der Waals surface area contributed by atoms with E-state index in [4.69, 9.17) is 5.26 Å². The van der Waals surface area contributed by atoms with Crippen molar-refractivity contribution in [1.29, 1.82) is 5.26 Å². The van der Waals surface area contributed by atoms with Gasteiger partial charge in [0.15, 0.2) is 10.4 Å². The molecule has 1 aromatic rings. The van der Waals surface area contributed by atoms with Crippen LogP contribution in [0.4, 0.5) is 5.13 Å². The van der Waals surface area contributed by atoms with E-state index in [-0.39, 0.29) is 6.42 Å². The highest BCUT2D eigenvalue weighted by Crippen LogP contribution is 2.18. The summed E-state index contributed by atoms with van der Waals surface area (Å²) < 4.78 is 25.5. The van der Waals surface area contributed by atoms with Gasteiger partial charge < -0.3 is 0 Å². The lowest BCUT2D eigenvalue weighted by Gasteiger charge is -2.08. The molecule has 0 spiro atoms. The predicted octanol–water partition coefficient (Wildman–Crippen LogP) is 1.50.